The summed E-state index contributed by atoms with van der Waals surface area (Å²) in [5.74, 6) is 0.633. The molecule has 0 aliphatic rings. The van der Waals surface area contributed by atoms with Crippen molar-refractivity contribution in [3.8, 4) is 0 Å². The van der Waals surface area contributed by atoms with Crippen molar-refractivity contribution in [1.29, 1.82) is 0 Å². The molecule has 0 spiro atoms. The molecule has 9 heteroatoms. The summed E-state index contributed by atoms with van der Waals surface area (Å²) in [4.78, 5) is 24.1. The van der Waals surface area contributed by atoms with Crippen LogP contribution < -0.4 is 10.6 Å². The van der Waals surface area contributed by atoms with Crippen LogP contribution in [-0.2, 0) is 17.9 Å². The molecule has 0 bridgehead atoms. The maximum Gasteiger partial charge on any atom is 0.287 e. The number of rotatable bonds is 8. The van der Waals surface area contributed by atoms with Crippen LogP contribution in [0.15, 0.2) is 52.2 Å². The maximum absolute atomic E-state index is 12.2. The van der Waals surface area contributed by atoms with Crippen molar-refractivity contribution in [2.45, 2.75) is 32.1 Å². The van der Waals surface area contributed by atoms with E-state index in [9.17, 15) is 9.59 Å². The normalized spacial score (nSPS) is 10.6. The van der Waals surface area contributed by atoms with Crippen LogP contribution in [0.1, 0.15) is 28.9 Å². The molecule has 0 aliphatic carbocycles. The van der Waals surface area contributed by atoms with Crippen LogP contribution in [0.4, 0.5) is 5.69 Å². The lowest BCUT2D eigenvalue weighted by Gasteiger charge is -2.08. The molecule has 0 aliphatic heterocycles. The fourth-order valence-corrected chi connectivity index (χ4v) is 3.31. The number of carbonyl (C=O) groups excluding carboxylic acids is 2. The molecular weight excluding hydrogens is 378 g/mol. The van der Waals surface area contributed by atoms with E-state index in [0.717, 1.165) is 11.3 Å². The van der Waals surface area contributed by atoms with E-state index in [4.69, 9.17) is 4.42 Å². The Kier molecular flexibility index (Phi) is 6.49. The summed E-state index contributed by atoms with van der Waals surface area (Å²) in [5.41, 5.74) is 1.89. The molecule has 2 amide bonds. The minimum absolute atomic E-state index is 0.118. The Morgan fingerprint density at radius 1 is 1.18 bits per heavy atom. The van der Waals surface area contributed by atoms with E-state index in [0.29, 0.717) is 17.5 Å². The Labute approximate surface area is 166 Å². The molecule has 0 unspecified atom stereocenters. The molecule has 8 nitrogen and oxygen atoms in total. The predicted octanol–water partition coefficient (Wildman–Crippen LogP) is 2.86. The Bertz CT molecular complexity index is 935. The number of benzene rings is 1. The van der Waals surface area contributed by atoms with Crippen LogP contribution >= 0.6 is 11.8 Å². The van der Waals surface area contributed by atoms with Gasteiger partial charge in [-0.25, -0.2) is 0 Å². The van der Waals surface area contributed by atoms with Crippen molar-refractivity contribution < 1.29 is 14.0 Å². The number of hydrogen-bond donors (Lipinski definition) is 2. The second-order valence-electron chi connectivity index (χ2n) is 6.01. The molecule has 146 valence electrons. The zero-order valence-corrected chi connectivity index (χ0v) is 16.5. The third kappa shape index (κ3) is 5.01. The van der Waals surface area contributed by atoms with E-state index >= 15 is 0 Å². The summed E-state index contributed by atoms with van der Waals surface area (Å²) in [6.07, 6.45) is 1.44. The third-order valence-electron chi connectivity index (χ3n) is 3.93. The lowest BCUT2D eigenvalue weighted by Crippen LogP contribution is -2.24. The number of carbonyl (C=O) groups is 2. The van der Waals surface area contributed by atoms with Gasteiger partial charge in [0, 0.05) is 12.2 Å². The smallest absolute Gasteiger partial charge is 0.287 e. The van der Waals surface area contributed by atoms with E-state index in [1.807, 2.05) is 42.7 Å². The summed E-state index contributed by atoms with van der Waals surface area (Å²) < 4.78 is 6.93. The lowest BCUT2D eigenvalue weighted by molar-refractivity contribution is -0.113. The molecule has 2 N–H and O–H groups in total. The van der Waals surface area contributed by atoms with E-state index < -0.39 is 0 Å². The maximum atomic E-state index is 12.2. The van der Waals surface area contributed by atoms with Gasteiger partial charge in [0.25, 0.3) is 5.91 Å². The van der Waals surface area contributed by atoms with Crippen LogP contribution in [0.3, 0.4) is 0 Å². The van der Waals surface area contributed by atoms with Gasteiger partial charge in [0.1, 0.15) is 0 Å². The first-order chi connectivity index (χ1) is 13.6. The fraction of sp³-hybridized carbons (Fsp3) is 0.263. The number of aryl methyl sites for hydroxylation is 1. The first-order valence-electron chi connectivity index (χ1n) is 8.80. The van der Waals surface area contributed by atoms with Gasteiger partial charge >= 0.3 is 0 Å². The van der Waals surface area contributed by atoms with Gasteiger partial charge in [-0.2, -0.15) is 0 Å². The van der Waals surface area contributed by atoms with Crippen molar-refractivity contribution in [1.82, 2.24) is 20.1 Å². The van der Waals surface area contributed by atoms with Crippen LogP contribution in [0, 0.1) is 6.92 Å². The van der Waals surface area contributed by atoms with Crippen LogP contribution in [0.5, 0.6) is 0 Å². The first-order valence-corrected chi connectivity index (χ1v) is 9.78. The number of hydrogen-bond acceptors (Lipinski definition) is 6. The Balaban J connectivity index is 1.54. The highest BCUT2D eigenvalue weighted by Gasteiger charge is 2.15. The van der Waals surface area contributed by atoms with Crippen molar-refractivity contribution in [2.75, 3.05) is 11.1 Å². The van der Waals surface area contributed by atoms with Gasteiger partial charge in [-0.3, -0.25) is 9.59 Å². The molecule has 0 atom stereocenters. The van der Waals surface area contributed by atoms with Gasteiger partial charge in [0.15, 0.2) is 16.7 Å². The van der Waals surface area contributed by atoms with Crippen molar-refractivity contribution in [3.05, 3.63) is 59.8 Å². The predicted molar refractivity (Wildman–Crippen MR) is 106 cm³/mol. The molecule has 0 fully saturated rings. The van der Waals surface area contributed by atoms with Crippen molar-refractivity contribution in [3.63, 3.8) is 0 Å². The van der Waals surface area contributed by atoms with Crippen LogP contribution in [0.2, 0.25) is 0 Å². The zero-order chi connectivity index (χ0) is 19.9. The second-order valence-corrected chi connectivity index (χ2v) is 6.95. The molecule has 1 aromatic carbocycles. The summed E-state index contributed by atoms with van der Waals surface area (Å²) in [6, 6.07) is 10.9. The summed E-state index contributed by atoms with van der Waals surface area (Å²) in [5, 5.41) is 14.5. The minimum atomic E-state index is -0.317. The molecule has 0 radical (unpaired) electrons. The molecule has 2 heterocycles. The molecule has 0 saturated heterocycles. The number of thioether (sulfide) groups is 1. The summed E-state index contributed by atoms with van der Waals surface area (Å²) in [6.45, 7) is 4.79. The SMILES string of the molecule is CCn1c(CNC(=O)c2ccco2)nnc1SCC(=O)Nc1ccc(C)cc1. The number of amides is 2. The van der Waals surface area contributed by atoms with Gasteiger partial charge in [-0.05, 0) is 38.1 Å². The Morgan fingerprint density at radius 3 is 2.64 bits per heavy atom. The molecule has 3 rings (SSSR count). The number of nitrogens with zero attached hydrogens (tertiary/aromatic N) is 3. The van der Waals surface area contributed by atoms with Gasteiger partial charge in [-0.1, -0.05) is 29.5 Å². The lowest BCUT2D eigenvalue weighted by atomic mass is 10.2. The van der Waals surface area contributed by atoms with E-state index in [1.54, 1.807) is 12.1 Å². The third-order valence-corrected chi connectivity index (χ3v) is 4.90. The second kappa shape index (κ2) is 9.23. The highest BCUT2D eigenvalue weighted by Crippen LogP contribution is 2.18. The average Bonchev–Trinajstić information content (AvgIpc) is 3.36. The van der Waals surface area contributed by atoms with Gasteiger partial charge < -0.3 is 19.6 Å². The van der Waals surface area contributed by atoms with Crippen molar-refractivity contribution >= 4 is 29.3 Å². The molecule has 2 aromatic heterocycles. The summed E-state index contributed by atoms with van der Waals surface area (Å²) >= 11 is 1.30. The monoisotopic (exact) mass is 399 g/mol. The average molecular weight is 399 g/mol. The van der Waals surface area contributed by atoms with Gasteiger partial charge in [0.05, 0.1) is 18.6 Å². The molecular formula is C19H21N5O3S. The topological polar surface area (TPSA) is 102 Å². The Hall–Kier alpha value is -3.07. The highest BCUT2D eigenvalue weighted by atomic mass is 32.2. The zero-order valence-electron chi connectivity index (χ0n) is 15.6. The fourth-order valence-electron chi connectivity index (χ4n) is 2.49. The standard InChI is InChI=1S/C19H21N5O3S/c1-3-24-16(11-20-18(26)15-5-4-10-27-15)22-23-19(24)28-12-17(25)21-14-8-6-13(2)7-9-14/h4-10H,3,11-12H2,1-2H3,(H,20,26)(H,21,25). The van der Waals surface area contributed by atoms with Crippen LogP contribution in [-0.4, -0.2) is 32.3 Å². The Morgan fingerprint density at radius 2 is 1.96 bits per heavy atom. The quantitative estimate of drug-likeness (QED) is 0.565. The number of anilines is 1. The number of furan rings is 1. The highest BCUT2D eigenvalue weighted by molar-refractivity contribution is 7.99. The number of nitrogens with one attached hydrogen (secondary N) is 2. The molecule has 0 saturated carbocycles. The molecule has 28 heavy (non-hydrogen) atoms. The first kappa shape index (κ1) is 19.7. The largest absolute Gasteiger partial charge is 0.459 e. The van der Waals surface area contributed by atoms with Gasteiger partial charge in [0.2, 0.25) is 5.91 Å². The minimum Gasteiger partial charge on any atom is -0.459 e. The summed E-state index contributed by atoms with van der Waals surface area (Å²) in [7, 11) is 0. The van der Waals surface area contributed by atoms with Gasteiger partial charge in [-0.15, -0.1) is 10.2 Å². The van der Waals surface area contributed by atoms with E-state index in [1.165, 1.54) is 18.0 Å². The molecule has 3 aromatic rings. The number of aromatic nitrogens is 3. The van der Waals surface area contributed by atoms with E-state index in [2.05, 4.69) is 20.8 Å². The van der Waals surface area contributed by atoms with Crippen molar-refractivity contribution in [2.24, 2.45) is 0 Å². The van der Waals surface area contributed by atoms with E-state index in [-0.39, 0.29) is 29.9 Å². The van der Waals surface area contributed by atoms with Crippen LogP contribution in [0.25, 0.3) is 0 Å².